The summed E-state index contributed by atoms with van der Waals surface area (Å²) in [6, 6.07) is 22.6. The lowest BCUT2D eigenvalue weighted by atomic mass is 9.92. The maximum atomic E-state index is 13.1. The molecule has 0 saturated carbocycles. The SMILES string of the molecule is Cc1ccc(C2=C(O)C(=O)N(c3ccc(Cl)cc3)C2c2ccc(C)cc2)cc1. The third kappa shape index (κ3) is 3.19. The van der Waals surface area contributed by atoms with Crippen molar-refractivity contribution in [1.29, 1.82) is 0 Å². The average molecular weight is 390 g/mol. The van der Waals surface area contributed by atoms with Crippen molar-refractivity contribution in [1.82, 2.24) is 0 Å². The molecule has 0 aromatic heterocycles. The first kappa shape index (κ1) is 18.3. The highest BCUT2D eigenvalue weighted by Crippen LogP contribution is 2.45. The van der Waals surface area contributed by atoms with Gasteiger partial charge in [0.1, 0.15) is 0 Å². The highest BCUT2D eigenvalue weighted by Gasteiger charge is 2.41. The van der Waals surface area contributed by atoms with Crippen LogP contribution in [-0.4, -0.2) is 11.0 Å². The molecule has 0 saturated heterocycles. The summed E-state index contributed by atoms with van der Waals surface area (Å²) in [6.45, 7) is 4.03. The zero-order valence-corrected chi connectivity index (χ0v) is 16.4. The number of hydrogen-bond acceptors (Lipinski definition) is 2. The molecule has 3 nitrogen and oxygen atoms in total. The molecule has 4 heteroatoms. The summed E-state index contributed by atoms with van der Waals surface area (Å²) in [6.07, 6.45) is 0. The van der Waals surface area contributed by atoms with Crippen LogP contribution in [-0.2, 0) is 4.79 Å². The van der Waals surface area contributed by atoms with Gasteiger partial charge in [-0.3, -0.25) is 9.69 Å². The number of aryl methyl sites for hydroxylation is 2. The Labute approximate surface area is 169 Å². The van der Waals surface area contributed by atoms with Crippen molar-refractivity contribution in [2.24, 2.45) is 0 Å². The van der Waals surface area contributed by atoms with Crippen LogP contribution in [0.4, 0.5) is 5.69 Å². The molecule has 1 atom stereocenters. The average Bonchev–Trinajstić information content (AvgIpc) is 2.95. The van der Waals surface area contributed by atoms with Crippen molar-refractivity contribution >= 4 is 28.8 Å². The summed E-state index contributed by atoms with van der Waals surface area (Å²) in [4.78, 5) is 14.7. The first-order chi connectivity index (χ1) is 13.5. The molecule has 1 aliphatic heterocycles. The fourth-order valence-corrected chi connectivity index (χ4v) is 3.69. The fraction of sp³-hybridized carbons (Fsp3) is 0.125. The Kier molecular flexibility index (Phi) is 4.70. The van der Waals surface area contributed by atoms with E-state index in [1.54, 1.807) is 29.2 Å². The lowest BCUT2D eigenvalue weighted by Crippen LogP contribution is -2.30. The molecule has 140 valence electrons. The van der Waals surface area contributed by atoms with Gasteiger partial charge in [0, 0.05) is 16.3 Å². The van der Waals surface area contributed by atoms with Gasteiger partial charge in [0.05, 0.1) is 6.04 Å². The van der Waals surface area contributed by atoms with Crippen LogP contribution in [0.1, 0.15) is 28.3 Å². The van der Waals surface area contributed by atoms with Crippen LogP contribution in [0.15, 0.2) is 78.6 Å². The molecule has 0 bridgehead atoms. The van der Waals surface area contributed by atoms with Crippen molar-refractivity contribution in [3.8, 4) is 0 Å². The number of nitrogens with zero attached hydrogens (tertiary/aromatic N) is 1. The largest absolute Gasteiger partial charge is 0.503 e. The van der Waals surface area contributed by atoms with E-state index in [1.807, 2.05) is 62.4 Å². The van der Waals surface area contributed by atoms with Crippen molar-refractivity contribution in [3.05, 3.63) is 106 Å². The molecule has 3 aromatic rings. The number of aliphatic hydroxyl groups excluding tert-OH is 1. The summed E-state index contributed by atoms with van der Waals surface area (Å²) in [5.74, 6) is -0.632. The Morgan fingerprint density at radius 3 is 1.93 bits per heavy atom. The Bertz CT molecular complexity index is 1050. The molecule has 1 N–H and O–H groups in total. The Morgan fingerprint density at radius 2 is 1.36 bits per heavy atom. The standard InChI is InChI=1S/C24H20ClNO2/c1-15-3-7-17(8-4-15)21-22(18-9-5-16(2)6-10-18)26(24(28)23(21)27)20-13-11-19(25)12-14-20/h3-14,22,27H,1-2H3. The van der Waals surface area contributed by atoms with Crippen LogP contribution in [0.25, 0.3) is 5.57 Å². The van der Waals surface area contributed by atoms with E-state index in [4.69, 9.17) is 11.6 Å². The minimum atomic E-state index is -0.419. The predicted molar refractivity (Wildman–Crippen MR) is 114 cm³/mol. The van der Waals surface area contributed by atoms with Crippen LogP contribution < -0.4 is 4.90 Å². The number of hydrogen-bond donors (Lipinski definition) is 1. The van der Waals surface area contributed by atoms with Crippen molar-refractivity contribution in [3.63, 3.8) is 0 Å². The number of anilines is 1. The molecule has 0 fully saturated rings. The molecule has 1 unspecified atom stereocenters. The van der Waals surface area contributed by atoms with Gasteiger partial charge in [-0.25, -0.2) is 0 Å². The Morgan fingerprint density at radius 1 is 0.821 bits per heavy atom. The molecule has 1 amide bonds. The summed E-state index contributed by atoms with van der Waals surface area (Å²) in [5.41, 5.74) is 5.33. The van der Waals surface area contributed by atoms with Gasteiger partial charge in [-0.15, -0.1) is 0 Å². The van der Waals surface area contributed by atoms with Gasteiger partial charge in [-0.2, -0.15) is 0 Å². The molecule has 3 aromatic carbocycles. The lowest BCUT2D eigenvalue weighted by molar-refractivity contribution is -0.117. The van der Waals surface area contributed by atoms with Gasteiger partial charge >= 0.3 is 0 Å². The zero-order chi connectivity index (χ0) is 19.8. The third-order valence-electron chi connectivity index (χ3n) is 5.07. The van der Waals surface area contributed by atoms with Gasteiger partial charge in [0.25, 0.3) is 5.91 Å². The van der Waals surface area contributed by atoms with Gasteiger partial charge in [-0.05, 0) is 49.2 Å². The molecule has 0 aliphatic carbocycles. The summed E-state index contributed by atoms with van der Waals surface area (Å²) in [7, 11) is 0. The van der Waals surface area contributed by atoms with Gasteiger partial charge in [0.15, 0.2) is 5.76 Å². The number of carbonyl (C=O) groups excluding carboxylic acids is 1. The van der Waals surface area contributed by atoms with Crippen molar-refractivity contribution in [2.75, 3.05) is 4.90 Å². The molecule has 28 heavy (non-hydrogen) atoms. The minimum Gasteiger partial charge on any atom is -0.503 e. The van der Waals surface area contributed by atoms with Gasteiger partial charge in [0.2, 0.25) is 0 Å². The van der Waals surface area contributed by atoms with E-state index in [1.165, 1.54) is 0 Å². The van der Waals surface area contributed by atoms with E-state index in [-0.39, 0.29) is 5.76 Å². The topological polar surface area (TPSA) is 40.5 Å². The smallest absolute Gasteiger partial charge is 0.294 e. The summed E-state index contributed by atoms with van der Waals surface area (Å²) in [5, 5.41) is 11.4. The highest BCUT2D eigenvalue weighted by molar-refractivity contribution is 6.30. The van der Waals surface area contributed by atoms with Crippen LogP contribution in [0, 0.1) is 13.8 Å². The highest BCUT2D eigenvalue weighted by atomic mass is 35.5. The maximum absolute atomic E-state index is 13.1. The number of rotatable bonds is 3. The number of benzene rings is 3. The lowest BCUT2D eigenvalue weighted by Gasteiger charge is -2.27. The predicted octanol–water partition coefficient (Wildman–Crippen LogP) is 6.01. The van der Waals surface area contributed by atoms with E-state index in [0.717, 1.165) is 22.3 Å². The maximum Gasteiger partial charge on any atom is 0.294 e. The number of halogens is 1. The molecule has 4 rings (SSSR count). The molecular weight excluding hydrogens is 370 g/mol. The van der Waals surface area contributed by atoms with E-state index >= 15 is 0 Å². The number of carbonyl (C=O) groups is 1. The van der Waals surface area contributed by atoms with Crippen molar-refractivity contribution < 1.29 is 9.90 Å². The summed E-state index contributed by atoms with van der Waals surface area (Å²) >= 11 is 6.03. The second-order valence-corrected chi connectivity index (χ2v) is 7.53. The van der Waals surface area contributed by atoms with Crippen LogP contribution >= 0.6 is 11.6 Å². The van der Waals surface area contributed by atoms with E-state index < -0.39 is 11.9 Å². The van der Waals surface area contributed by atoms with Crippen LogP contribution in [0.5, 0.6) is 0 Å². The molecule has 1 heterocycles. The second kappa shape index (κ2) is 7.17. The third-order valence-corrected chi connectivity index (χ3v) is 5.32. The first-order valence-corrected chi connectivity index (χ1v) is 9.49. The van der Waals surface area contributed by atoms with E-state index in [0.29, 0.717) is 16.3 Å². The fourth-order valence-electron chi connectivity index (χ4n) is 3.57. The second-order valence-electron chi connectivity index (χ2n) is 7.09. The molecule has 0 spiro atoms. The number of amides is 1. The Balaban J connectivity index is 1.90. The normalized spacial score (nSPS) is 16.8. The quantitative estimate of drug-likeness (QED) is 0.595. The first-order valence-electron chi connectivity index (χ1n) is 9.11. The minimum absolute atomic E-state index is 0.218. The number of aliphatic hydroxyl groups is 1. The van der Waals surface area contributed by atoms with Crippen molar-refractivity contribution in [2.45, 2.75) is 19.9 Å². The van der Waals surface area contributed by atoms with Gasteiger partial charge < -0.3 is 5.11 Å². The molecule has 1 aliphatic rings. The Hall–Kier alpha value is -3.04. The van der Waals surface area contributed by atoms with Crippen LogP contribution in [0.2, 0.25) is 5.02 Å². The van der Waals surface area contributed by atoms with Crippen LogP contribution in [0.3, 0.4) is 0 Å². The monoisotopic (exact) mass is 389 g/mol. The molecular formula is C24H20ClNO2. The zero-order valence-electron chi connectivity index (χ0n) is 15.7. The van der Waals surface area contributed by atoms with E-state index in [9.17, 15) is 9.90 Å². The van der Waals surface area contributed by atoms with Gasteiger partial charge in [-0.1, -0.05) is 71.3 Å². The summed E-state index contributed by atoms with van der Waals surface area (Å²) < 4.78 is 0. The molecule has 0 radical (unpaired) electrons. The van der Waals surface area contributed by atoms with E-state index in [2.05, 4.69) is 0 Å².